The van der Waals surface area contributed by atoms with Crippen molar-refractivity contribution in [3.05, 3.63) is 63.8 Å². The van der Waals surface area contributed by atoms with Crippen LogP contribution in [0.3, 0.4) is 0 Å². The fourth-order valence-electron chi connectivity index (χ4n) is 5.76. The Morgan fingerprint density at radius 2 is 1.73 bits per heavy atom. The van der Waals surface area contributed by atoms with E-state index in [-0.39, 0.29) is 41.0 Å². The lowest BCUT2D eigenvalue weighted by molar-refractivity contribution is 0.0109. The highest BCUT2D eigenvalue weighted by atomic mass is 19.3. The Labute approximate surface area is 258 Å². The molecule has 2 N–H and O–H groups in total. The van der Waals surface area contributed by atoms with Crippen molar-refractivity contribution in [2.24, 2.45) is 5.92 Å². The number of likely N-dealkylation sites (N-methyl/N-ethyl adjacent to an activating group) is 1. The SMILES string of the molecule is CC(C)C1CN(c2ncc(-c3c(F)cc(N4CC(C)N(C)[C@@H](C)C4)c(NC(=O)c4c[nH]c(=O)cc4C(F)F)c3F)cn2)CCO1. The Hall–Kier alpha value is -4.04. The van der Waals surface area contributed by atoms with Gasteiger partial charge in [0.2, 0.25) is 11.5 Å². The van der Waals surface area contributed by atoms with Crippen LogP contribution in [0, 0.1) is 17.6 Å². The summed E-state index contributed by atoms with van der Waals surface area (Å²) in [7, 11) is 1.95. The summed E-state index contributed by atoms with van der Waals surface area (Å²) >= 11 is 0. The number of H-pyrrole nitrogens is 1. The van der Waals surface area contributed by atoms with Crippen molar-refractivity contribution in [1.29, 1.82) is 0 Å². The van der Waals surface area contributed by atoms with E-state index in [2.05, 4.69) is 39.0 Å². The molecule has 4 heterocycles. The molecule has 0 saturated carbocycles. The van der Waals surface area contributed by atoms with E-state index in [4.69, 9.17) is 4.74 Å². The van der Waals surface area contributed by atoms with Gasteiger partial charge in [-0.25, -0.2) is 27.5 Å². The van der Waals surface area contributed by atoms with Crippen LogP contribution in [0.5, 0.6) is 0 Å². The number of amides is 1. The maximum Gasteiger partial charge on any atom is 0.264 e. The molecule has 0 aliphatic carbocycles. The van der Waals surface area contributed by atoms with Gasteiger partial charge in [-0.1, -0.05) is 13.8 Å². The molecule has 3 aromatic rings. The number of aromatic amines is 1. The first kappa shape index (κ1) is 32.4. The lowest BCUT2D eigenvalue weighted by Crippen LogP contribution is -2.55. The van der Waals surface area contributed by atoms with E-state index in [9.17, 15) is 18.4 Å². The minimum Gasteiger partial charge on any atom is -0.374 e. The molecule has 1 aromatic carbocycles. The van der Waals surface area contributed by atoms with Crippen molar-refractivity contribution < 1.29 is 27.1 Å². The highest BCUT2D eigenvalue weighted by Crippen LogP contribution is 2.39. The number of rotatable bonds is 7. The van der Waals surface area contributed by atoms with E-state index < -0.39 is 46.2 Å². The number of ether oxygens (including phenoxy) is 1. The number of hydrogen-bond donors (Lipinski definition) is 2. The zero-order valence-corrected chi connectivity index (χ0v) is 25.8. The molecule has 10 nitrogen and oxygen atoms in total. The molecule has 0 bridgehead atoms. The van der Waals surface area contributed by atoms with Crippen LogP contribution in [0.2, 0.25) is 0 Å². The summed E-state index contributed by atoms with van der Waals surface area (Å²) in [5.41, 5.74) is -2.95. The standard InChI is InChI=1S/C31H37F4N7O3/c1-16(2)24-15-41(6-7-45-24)31-37-10-19(11-38-31)26-22(32)9-23(42-13-17(3)40(5)18(4)14-42)28(27(26)33)39-30(44)21-12-36-25(43)8-20(21)29(34)35/h8-12,16-18,24,29H,6-7,13-15H2,1-5H3,(H,36,43)(H,39,44)/t17-,18?,24?/m0/s1. The predicted molar refractivity (Wildman–Crippen MR) is 163 cm³/mol. The number of alkyl halides is 2. The molecule has 2 fully saturated rings. The van der Waals surface area contributed by atoms with Gasteiger partial charge in [0.25, 0.3) is 12.3 Å². The molecule has 2 aliphatic rings. The zero-order chi connectivity index (χ0) is 32.6. The number of piperazine rings is 1. The Bertz CT molecular complexity index is 1590. The first-order valence-corrected chi connectivity index (χ1v) is 14.9. The highest BCUT2D eigenvalue weighted by molar-refractivity contribution is 6.07. The summed E-state index contributed by atoms with van der Waals surface area (Å²) in [6.45, 7) is 10.4. The van der Waals surface area contributed by atoms with Crippen molar-refractivity contribution in [2.75, 3.05) is 55.0 Å². The zero-order valence-electron chi connectivity index (χ0n) is 25.8. The number of nitrogens with one attached hydrogen (secondary N) is 2. The van der Waals surface area contributed by atoms with E-state index in [1.807, 2.05) is 25.8 Å². The summed E-state index contributed by atoms with van der Waals surface area (Å²) in [6, 6.07) is 1.75. The molecule has 0 radical (unpaired) electrons. The van der Waals surface area contributed by atoms with Crippen LogP contribution >= 0.6 is 0 Å². The normalized spacial score (nSPS) is 21.1. The second-order valence-electron chi connectivity index (χ2n) is 12.0. The van der Waals surface area contributed by atoms with Crippen LogP contribution in [-0.2, 0) is 4.74 Å². The van der Waals surface area contributed by atoms with Crippen molar-refractivity contribution in [1.82, 2.24) is 19.9 Å². The first-order valence-electron chi connectivity index (χ1n) is 14.9. The smallest absolute Gasteiger partial charge is 0.264 e. The molecular weight excluding hydrogens is 594 g/mol. The van der Waals surface area contributed by atoms with Gasteiger partial charge in [-0.15, -0.1) is 0 Å². The quantitative estimate of drug-likeness (QED) is 0.362. The summed E-state index contributed by atoms with van der Waals surface area (Å²) in [5.74, 6) is -2.44. The van der Waals surface area contributed by atoms with E-state index in [1.165, 1.54) is 12.4 Å². The number of halogens is 4. The van der Waals surface area contributed by atoms with E-state index >= 15 is 8.78 Å². The van der Waals surface area contributed by atoms with Gasteiger partial charge in [-0.05, 0) is 26.8 Å². The fourth-order valence-corrected chi connectivity index (χ4v) is 5.76. The summed E-state index contributed by atoms with van der Waals surface area (Å²) in [6.07, 6.45) is 0.322. The summed E-state index contributed by atoms with van der Waals surface area (Å²) in [5, 5.41) is 2.41. The van der Waals surface area contributed by atoms with Crippen LogP contribution in [-0.4, -0.2) is 83.8 Å². The fraction of sp³-hybridized carbons (Fsp3) is 0.484. The molecular formula is C31H37F4N7O3. The average molecular weight is 632 g/mol. The van der Waals surface area contributed by atoms with E-state index in [1.54, 1.807) is 4.90 Å². The second-order valence-corrected chi connectivity index (χ2v) is 12.0. The maximum atomic E-state index is 16.5. The van der Waals surface area contributed by atoms with Gasteiger partial charge in [0.05, 0.1) is 29.5 Å². The number of nitrogens with zero attached hydrogens (tertiary/aromatic N) is 5. The Morgan fingerprint density at radius 1 is 1.07 bits per heavy atom. The molecule has 2 unspecified atom stereocenters. The van der Waals surface area contributed by atoms with Crippen LogP contribution in [0.25, 0.3) is 11.1 Å². The molecule has 45 heavy (non-hydrogen) atoms. The third-order valence-electron chi connectivity index (χ3n) is 8.62. The number of anilines is 3. The molecule has 14 heteroatoms. The number of hydrogen-bond acceptors (Lipinski definition) is 8. The Morgan fingerprint density at radius 3 is 2.36 bits per heavy atom. The van der Waals surface area contributed by atoms with Gasteiger partial charge < -0.3 is 24.8 Å². The minimum absolute atomic E-state index is 0.00385. The van der Waals surface area contributed by atoms with Crippen molar-refractivity contribution in [2.45, 2.75) is 52.3 Å². The van der Waals surface area contributed by atoms with Crippen LogP contribution in [0.15, 0.2) is 35.5 Å². The van der Waals surface area contributed by atoms with Crippen LogP contribution in [0.1, 0.15) is 50.0 Å². The number of carbonyl (C=O) groups excluding carboxylic acids is 1. The highest BCUT2D eigenvalue weighted by Gasteiger charge is 2.32. The third-order valence-corrected chi connectivity index (χ3v) is 8.62. The minimum atomic E-state index is -3.14. The molecule has 5 rings (SSSR count). The first-order chi connectivity index (χ1) is 21.3. The van der Waals surface area contributed by atoms with Crippen LogP contribution in [0.4, 0.5) is 34.9 Å². The number of pyridine rings is 1. The second kappa shape index (κ2) is 13.1. The van der Waals surface area contributed by atoms with Gasteiger partial charge in [-0.3, -0.25) is 14.5 Å². The molecule has 2 saturated heterocycles. The molecule has 0 spiro atoms. The molecule has 2 aromatic heterocycles. The monoisotopic (exact) mass is 631 g/mol. The van der Waals surface area contributed by atoms with Gasteiger partial charge >= 0.3 is 0 Å². The van der Waals surface area contributed by atoms with Gasteiger partial charge in [-0.2, -0.15) is 0 Å². The third kappa shape index (κ3) is 6.66. The molecule has 1 amide bonds. The van der Waals surface area contributed by atoms with Gasteiger partial charge in [0, 0.05) is 80.1 Å². The van der Waals surface area contributed by atoms with Crippen LogP contribution < -0.4 is 20.7 Å². The Kier molecular flexibility index (Phi) is 9.44. The lowest BCUT2D eigenvalue weighted by atomic mass is 10.0. The number of carbonyl (C=O) groups is 1. The molecule has 242 valence electrons. The summed E-state index contributed by atoms with van der Waals surface area (Å²) in [4.78, 5) is 41.8. The number of morpholine rings is 1. The van der Waals surface area contributed by atoms with Crippen molar-refractivity contribution >= 4 is 23.2 Å². The van der Waals surface area contributed by atoms with Gasteiger partial charge in [0.1, 0.15) is 11.5 Å². The largest absolute Gasteiger partial charge is 0.374 e. The number of aromatic nitrogens is 3. The van der Waals surface area contributed by atoms with E-state index in [0.29, 0.717) is 44.8 Å². The maximum absolute atomic E-state index is 16.5. The summed E-state index contributed by atoms with van der Waals surface area (Å²) < 4.78 is 65.7. The lowest BCUT2D eigenvalue weighted by Gasteiger charge is -2.44. The van der Waals surface area contributed by atoms with Gasteiger partial charge in [0.15, 0.2) is 5.82 Å². The topological polar surface area (TPSA) is 107 Å². The Balaban J connectivity index is 1.55. The molecule has 3 atom stereocenters. The van der Waals surface area contributed by atoms with Crippen molar-refractivity contribution in [3.63, 3.8) is 0 Å². The van der Waals surface area contributed by atoms with E-state index in [0.717, 1.165) is 12.3 Å². The average Bonchev–Trinajstić information content (AvgIpc) is 3.01. The number of benzene rings is 1. The van der Waals surface area contributed by atoms with Crippen molar-refractivity contribution in [3.8, 4) is 11.1 Å². The predicted octanol–water partition coefficient (Wildman–Crippen LogP) is 4.69. The molecule has 2 aliphatic heterocycles.